The summed E-state index contributed by atoms with van der Waals surface area (Å²) in [5.74, 6) is -0.227. The third kappa shape index (κ3) is 1.76. The average molecular weight is 237 g/mol. The van der Waals surface area contributed by atoms with Crippen molar-refractivity contribution in [3.05, 3.63) is 66.1 Å². The van der Waals surface area contributed by atoms with Crippen LogP contribution >= 0.6 is 0 Å². The van der Waals surface area contributed by atoms with E-state index in [2.05, 4.69) is 18.0 Å². The lowest BCUT2D eigenvalue weighted by Gasteiger charge is -2.07. The summed E-state index contributed by atoms with van der Waals surface area (Å²) in [4.78, 5) is 4.43. The third-order valence-corrected chi connectivity index (χ3v) is 3.14. The van der Waals surface area contributed by atoms with E-state index in [-0.39, 0.29) is 5.82 Å². The zero-order valence-corrected chi connectivity index (χ0v) is 10.0. The molecule has 18 heavy (non-hydrogen) atoms. The van der Waals surface area contributed by atoms with Gasteiger partial charge in [0.25, 0.3) is 0 Å². The monoisotopic (exact) mass is 237 g/mol. The lowest BCUT2D eigenvalue weighted by atomic mass is 10.0. The molecule has 0 fully saturated rings. The first-order chi connectivity index (χ1) is 8.75. The average Bonchev–Trinajstić information content (AvgIpc) is 2.40. The van der Waals surface area contributed by atoms with E-state index in [4.69, 9.17) is 0 Å². The van der Waals surface area contributed by atoms with Crippen molar-refractivity contribution in [2.75, 3.05) is 0 Å². The first kappa shape index (κ1) is 10.9. The first-order valence-corrected chi connectivity index (χ1v) is 5.86. The SMILES string of the molecule is Cc1cccc2c(-c3ccc(F)cc3)nccc12. The van der Waals surface area contributed by atoms with Gasteiger partial charge in [-0.15, -0.1) is 0 Å². The quantitative estimate of drug-likeness (QED) is 0.613. The number of rotatable bonds is 1. The molecule has 0 bridgehead atoms. The van der Waals surface area contributed by atoms with E-state index in [9.17, 15) is 4.39 Å². The Morgan fingerprint density at radius 2 is 1.67 bits per heavy atom. The standard InChI is InChI=1S/C16H12FN/c1-11-3-2-4-15-14(11)9-10-18-16(15)12-5-7-13(17)8-6-12/h2-10H,1H3. The fourth-order valence-corrected chi connectivity index (χ4v) is 2.20. The molecule has 1 heterocycles. The van der Waals surface area contributed by atoms with Crippen LogP contribution in [0.5, 0.6) is 0 Å². The molecule has 0 aliphatic heterocycles. The molecule has 1 nitrogen and oxygen atoms in total. The van der Waals surface area contributed by atoms with Crippen molar-refractivity contribution >= 4 is 10.8 Å². The lowest BCUT2D eigenvalue weighted by Crippen LogP contribution is -1.87. The molecule has 0 atom stereocenters. The van der Waals surface area contributed by atoms with Gasteiger partial charge in [0.05, 0.1) is 5.69 Å². The maximum absolute atomic E-state index is 13.0. The van der Waals surface area contributed by atoms with Crippen LogP contribution < -0.4 is 0 Å². The number of aromatic nitrogens is 1. The smallest absolute Gasteiger partial charge is 0.123 e. The first-order valence-electron chi connectivity index (χ1n) is 5.86. The van der Waals surface area contributed by atoms with Crippen LogP contribution in [0.25, 0.3) is 22.0 Å². The predicted molar refractivity (Wildman–Crippen MR) is 71.9 cm³/mol. The van der Waals surface area contributed by atoms with Crippen molar-refractivity contribution in [3.63, 3.8) is 0 Å². The van der Waals surface area contributed by atoms with Crippen molar-refractivity contribution in [1.82, 2.24) is 4.98 Å². The maximum atomic E-state index is 13.0. The van der Waals surface area contributed by atoms with Gasteiger partial charge in [-0.05, 0) is 48.2 Å². The molecule has 0 spiro atoms. The summed E-state index contributed by atoms with van der Waals surface area (Å²) >= 11 is 0. The summed E-state index contributed by atoms with van der Waals surface area (Å²) in [6.45, 7) is 2.08. The van der Waals surface area contributed by atoms with Crippen molar-refractivity contribution in [2.24, 2.45) is 0 Å². The Balaban J connectivity index is 2.29. The molecule has 88 valence electrons. The van der Waals surface area contributed by atoms with Crippen LogP contribution in [0.4, 0.5) is 4.39 Å². The second-order valence-electron chi connectivity index (χ2n) is 4.34. The number of fused-ring (bicyclic) bond motifs is 1. The van der Waals surface area contributed by atoms with E-state index in [1.165, 1.54) is 23.1 Å². The zero-order valence-electron chi connectivity index (χ0n) is 10.0. The van der Waals surface area contributed by atoms with Gasteiger partial charge in [-0.3, -0.25) is 4.98 Å². The van der Waals surface area contributed by atoms with Gasteiger partial charge in [-0.1, -0.05) is 18.2 Å². The molecule has 0 radical (unpaired) electrons. The summed E-state index contributed by atoms with van der Waals surface area (Å²) in [5.41, 5.74) is 3.06. The van der Waals surface area contributed by atoms with Crippen LogP contribution in [0.15, 0.2) is 54.7 Å². The molecule has 0 saturated carbocycles. The van der Waals surface area contributed by atoms with E-state index >= 15 is 0 Å². The summed E-state index contributed by atoms with van der Waals surface area (Å²) in [6, 6.07) is 14.6. The molecule has 3 aromatic rings. The molecular formula is C16H12FN. The lowest BCUT2D eigenvalue weighted by molar-refractivity contribution is 0.628. The molecule has 0 N–H and O–H groups in total. The van der Waals surface area contributed by atoms with Gasteiger partial charge in [0.1, 0.15) is 5.82 Å². The second kappa shape index (κ2) is 4.22. The Bertz CT molecular complexity index is 702. The zero-order chi connectivity index (χ0) is 12.5. The van der Waals surface area contributed by atoms with Gasteiger partial charge >= 0.3 is 0 Å². The molecule has 2 aromatic carbocycles. The molecule has 1 aromatic heterocycles. The summed E-state index contributed by atoms with van der Waals surface area (Å²) in [5, 5.41) is 2.29. The van der Waals surface area contributed by atoms with Crippen LogP contribution in [0.1, 0.15) is 5.56 Å². The van der Waals surface area contributed by atoms with Crippen molar-refractivity contribution in [1.29, 1.82) is 0 Å². The summed E-state index contributed by atoms with van der Waals surface area (Å²) < 4.78 is 13.0. The minimum atomic E-state index is -0.227. The van der Waals surface area contributed by atoms with Gasteiger partial charge in [0.2, 0.25) is 0 Å². The number of halogens is 1. The highest BCUT2D eigenvalue weighted by molar-refractivity contribution is 5.96. The van der Waals surface area contributed by atoms with Crippen LogP contribution in [0, 0.1) is 12.7 Å². The van der Waals surface area contributed by atoms with Crippen molar-refractivity contribution < 1.29 is 4.39 Å². The Hall–Kier alpha value is -2.22. The van der Waals surface area contributed by atoms with Gasteiger partial charge in [-0.2, -0.15) is 0 Å². The second-order valence-corrected chi connectivity index (χ2v) is 4.34. The highest BCUT2D eigenvalue weighted by atomic mass is 19.1. The Morgan fingerprint density at radius 1 is 0.889 bits per heavy atom. The Morgan fingerprint density at radius 3 is 2.44 bits per heavy atom. The van der Waals surface area contributed by atoms with Crippen molar-refractivity contribution in [3.8, 4) is 11.3 Å². The third-order valence-electron chi connectivity index (χ3n) is 3.14. The Kier molecular flexibility index (Phi) is 2.56. The molecular weight excluding hydrogens is 225 g/mol. The largest absolute Gasteiger partial charge is 0.256 e. The molecule has 0 saturated heterocycles. The minimum Gasteiger partial charge on any atom is -0.256 e. The maximum Gasteiger partial charge on any atom is 0.123 e. The van der Waals surface area contributed by atoms with Gasteiger partial charge in [0.15, 0.2) is 0 Å². The topological polar surface area (TPSA) is 12.9 Å². The van der Waals surface area contributed by atoms with Crippen LogP contribution in [0.2, 0.25) is 0 Å². The fraction of sp³-hybridized carbons (Fsp3) is 0.0625. The predicted octanol–water partition coefficient (Wildman–Crippen LogP) is 4.35. The van der Waals surface area contributed by atoms with Gasteiger partial charge < -0.3 is 0 Å². The molecule has 2 heteroatoms. The summed E-state index contributed by atoms with van der Waals surface area (Å²) in [6.07, 6.45) is 1.80. The number of aryl methyl sites for hydroxylation is 1. The van der Waals surface area contributed by atoms with Gasteiger partial charge in [-0.25, -0.2) is 4.39 Å². The molecule has 0 unspecified atom stereocenters. The highest BCUT2D eigenvalue weighted by Crippen LogP contribution is 2.28. The minimum absolute atomic E-state index is 0.227. The van der Waals surface area contributed by atoms with Crippen LogP contribution in [-0.4, -0.2) is 4.98 Å². The molecule has 0 aliphatic rings. The molecule has 3 rings (SSSR count). The molecule has 0 amide bonds. The van der Waals surface area contributed by atoms with E-state index < -0.39 is 0 Å². The van der Waals surface area contributed by atoms with E-state index in [0.29, 0.717) is 0 Å². The Labute approximate surface area is 105 Å². The van der Waals surface area contributed by atoms with Crippen LogP contribution in [0.3, 0.4) is 0 Å². The van der Waals surface area contributed by atoms with E-state index in [1.54, 1.807) is 18.3 Å². The fourth-order valence-electron chi connectivity index (χ4n) is 2.20. The number of benzene rings is 2. The number of hydrogen-bond donors (Lipinski definition) is 0. The van der Waals surface area contributed by atoms with E-state index in [1.807, 2.05) is 18.2 Å². The van der Waals surface area contributed by atoms with E-state index in [0.717, 1.165) is 16.6 Å². The number of nitrogens with zero attached hydrogens (tertiary/aromatic N) is 1. The number of hydrogen-bond acceptors (Lipinski definition) is 1. The van der Waals surface area contributed by atoms with Crippen LogP contribution in [-0.2, 0) is 0 Å². The van der Waals surface area contributed by atoms with Crippen molar-refractivity contribution in [2.45, 2.75) is 6.92 Å². The highest BCUT2D eigenvalue weighted by Gasteiger charge is 2.06. The number of pyridine rings is 1. The van der Waals surface area contributed by atoms with Gasteiger partial charge in [0, 0.05) is 17.1 Å². The summed E-state index contributed by atoms with van der Waals surface area (Å²) in [7, 11) is 0. The normalized spacial score (nSPS) is 10.8. The molecule has 0 aliphatic carbocycles.